The third-order valence-corrected chi connectivity index (χ3v) is 4.11. The van der Waals surface area contributed by atoms with Gasteiger partial charge in [-0.15, -0.1) is 0 Å². The molecule has 0 radical (unpaired) electrons. The number of likely N-dealkylation sites (N-methyl/N-ethyl adjacent to an activating group) is 1. The topological polar surface area (TPSA) is 28.2 Å². The first-order valence-electron chi connectivity index (χ1n) is 5.44. The van der Waals surface area contributed by atoms with Crippen molar-refractivity contribution in [2.75, 3.05) is 25.0 Å². The molecule has 1 aliphatic rings. The summed E-state index contributed by atoms with van der Waals surface area (Å²) in [6.45, 7) is 2.13. The molecule has 0 bridgehead atoms. The molecule has 1 fully saturated rings. The number of rotatable bonds is 2. The van der Waals surface area contributed by atoms with Crippen LogP contribution in [0.1, 0.15) is 12.8 Å². The van der Waals surface area contributed by atoms with Crippen molar-refractivity contribution in [3.8, 4) is 0 Å². The fourth-order valence-electron chi connectivity index (χ4n) is 2.03. The number of nitrogens with one attached hydrogen (secondary N) is 1. The summed E-state index contributed by atoms with van der Waals surface area (Å²) < 4.78 is 0.859. The van der Waals surface area contributed by atoms with E-state index in [1.54, 1.807) is 0 Å². The van der Waals surface area contributed by atoms with E-state index in [2.05, 4.69) is 31.1 Å². The summed E-state index contributed by atoms with van der Waals surface area (Å²) in [7, 11) is 2.02. The molecule has 0 aromatic carbocycles. The predicted octanol–water partition coefficient (Wildman–Crippen LogP) is 2.69. The van der Waals surface area contributed by atoms with Crippen LogP contribution >= 0.6 is 27.5 Å². The molecule has 1 aliphatic heterocycles. The molecule has 1 aromatic heterocycles. The Bertz CT molecular complexity index is 372. The second-order valence-corrected chi connectivity index (χ2v) is 5.25. The van der Waals surface area contributed by atoms with Gasteiger partial charge in [0.1, 0.15) is 5.15 Å². The number of nitrogens with zero attached hydrogens (tertiary/aromatic N) is 2. The van der Waals surface area contributed by atoms with E-state index in [1.807, 2.05) is 19.3 Å². The summed E-state index contributed by atoms with van der Waals surface area (Å²) in [5, 5.41) is 3.85. The molecule has 0 aliphatic carbocycles. The van der Waals surface area contributed by atoms with Gasteiger partial charge in [0, 0.05) is 19.1 Å². The quantitative estimate of drug-likeness (QED) is 0.852. The molecule has 2 rings (SSSR count). The maximum absolute atomic E-state index is 5.89. The van der Waals surface area contributed by atoms with Crippen molar-refractivity contribution in [1.82, 2.24) is 10.3 Å². The molecule has 88 valence electrons. The van der Waals surface area contributed by atoms with E-state index in [9.17, 15) is 0 Å². The molecular weight excluding hydrogens is 289 g/mol. The van der Waals surface area contributed by atoms with Crippen molar-refractivity contribution in [3.05, 3.63) is 21.9 Å². The number of pyridine rings is 1. The average Bonchev–Trinajstić information content (AvgIpc) is 2.33. The summed E-state index contributed by atoms with van der Waals surface area (Å²) in [5.41, 5.74) is 1.14. The minimum Gasteiger partial charge on any atom is -0.369 e. The van der Waals surface area contributed by atoms with Crippen LogP contribution < -0.4 is 10.2 Å². The highest BCUT2D eigenvalue weighted by Gasteiger charge is 2.19. The Balaban J connectivity index is 2.13. The van der Waals surface area contributed by atoms with Gasteiger partial charge in [0.2, 0.25) is 0 Å². The van der Waals surface area contributed by atoms with E-state index in [1.165, 1.54) is 12.8 Å². The standard InChI is InChI=1S/C11H15BrClN3/c1-14-8-3-2-4-16(7-8)9-5-10(12)11(13)15-6-9/h5-6,8,14H,2-4,7H2,1H3/t8-/m1/s1. The van der Waals surface area contributed by atoms with Crippen LogP contribution in [0.15, 0.2) is 16.7 Å². The number of anilines is 1. The fourth-order valence-corrected chi connectivity index (χ4v) is 2.47. The van der Waals surface area contributed by atoms with Gasteiger partial charge < -0.3 is 10.2 Å². The minimum atomic E-state index is 0.519. The Morgan fingerprint density at radius 1 is 1.62 bits per heavy atom. The minimum absolute atomic E-state index is 0.519. The van der Waals surface area contributed by atoms with Crippen LogP contribution in [0.25, 0.3) is 0 Å². The molecule has 3 nitrogen and oxygen atoms in total. The van der Waals surface area contributed by atoms with Gasteiger partial charge in [0.25, 0.3) is 0 Å². The summed E-state index contributed by atoms with van der Waals surface area (Å²) in [6, 6.07) is 2.61. The van der Waals surface area contributed by atoms with Crippen molar-refractivity contribution in [1.29, 1.82) is 0 Å². The Labute approximate surface area is 109 Å². The van der Waals surface area contributed by atoms with E-state index in [4.69, 9.17) is 11.6 Å². The maximum Gasteiger partial charge on any atom is 0.143 e. The van der Waals surface area contributed by atoms with E-state index >= 15 is 0 Å². The van der Waals surface area contributed by atoms with Crippen molar-refractivity contribution >= 4 is 33.2 Å². The lowest BCUT2D eigenvalue weighted by Gasteiger charge is -2.34. The van der Waals surface area contributed by atoms with E-state index < -0.39 is 0 Å². The van der Waals surface area contributed by atoms with Crippen LogP contribution in [0, 0.1) is 0 Å². The highest BCUT2D eigenvalue weighted by Crippen LogP contribution is 2.26. The summed E-state index contributed by atoms with van der Waals surface area (Å²) in [5.74, 6) is 0. The fraction of sp³-hybridized carbons (Fsp3) is 0.545. The lowest BCUT2D eigenvalue weighted by molar-refractivity contribution is 0.449. The van der Waals surface area contributed by atoms with E-state index in [0.29, 0.717) is 11.2 Å². The number of hydrogen-bond donors (Lipinski definition) is 1. The molecule has 1 aromatic rings. The van der Waals surface area contributed by atoms with Gasteiger partial charge in [0.05, 0.1) is 16.4 Å². The number of halogens is 2. The zero-order valence-electron chi connectivity index (χ0n) is 9.21. The molecule has 0 saturated carbocycles. The average molecular weight is 305 g/mol. The second-order valence-electron chi connectivity index (χ2n) is 4.04. The molecule has 0 unspecified atom stereocenters. The first kappa shape index (κ1) is 12.1. The number of piperidine rings is 1. The van der Waals surface area contributed by atoms with Crippen molar-refractivity contribution in [2.24, 2.45) is 0 Å². The predicted molar refractivity (Wildman–Crippen MR) is 71.2 cm³/mol. The lowest BCUT2D eigenvalue weighted by atomic mass is 10.1. The third-order valence-electron chi connectivity index (χ3n) is 2.98. The van der Waals surface area contributed by atoms with Gasteiger partial charge in [-0.1, -0.05) is 11.6 Å². The van der Waals surface area contributed by atoms with Crippen LogP contribution in [-0.2, 0) is 0 Å². The van der Waals surface area contributed by atoms with Crippen molar-refractivity contribution in [2.45, 2.75) is 18.9 Å². The van der Waals surface area contributed by atoms with Crippen molar-refractivity contribution in [3.63, 3.8) is 0 Å². The molecular formula is C11H15BrClN3. The Morgan fingerprint density at radius 3 is 3.12 bits per heavy atom. The Morgan fingerprint density at radius 2 is 2.44 bits per heavy atom. The Hall–Kier alpha value is -0.320. The van der Waals surface area contributed by atoms with Crippen LogP contribution in [0.4, 0.5) is 5.69 Å². The first-order chi connectivity index (χ1) is 7.70. The van der Waals surface area contributed by atoms with E-state index in [0.717, 1.165) is 23.2 Å². The summed E-state index contributed by atoms with van der Waals surface area (Å²) >= 11 is 9.29. The molecule has 1 atom stereocenters. The monoisotopic (exact) mass is 303 g/mol. The van der Waals surface area contributed by atoms with Gasteiger partial charge in [-0.05, 0) is 41.9 Å². The van der Waals surface area contributed by atoms with Gasteiger partial charge in [0.15, 0.2) is 0 Å². The van der Waals surface area contributed by atoms with E-state index in [-0.39, 0.29) is 0 Å². The van der Waals surface area contributed by atoms with Gasteiger partial charge in [-0.25, -0.2) is 4.98 Å². The zero-order valence-corrected chi connectivity index (χ0v) is 11.6. The van der Waals surface area contributed by atoms with Gasteiger partial charge in [-0.3, -0.25) is 0 Å². The van der Waals surface area contributed by atoms with Crippen LogP contribution in [0.3, 0.4) is 0 Å². The third kappa shape index (κ3) is 2.67. The van der Waals surface area contributed by atoms with Crippen LogP contribution in [-0.4, -0.2) is 31.2 Å². The first-order valence-corrected chi connectivity index (χ1v) is 6.61. The zero-order chi connectivity index (χ0) is 11.5. The van der Waals surface area contributed by atoms with Gasteiger partial charge >= 0.3 is 0 Å². The van der Waals surface area contributed by atoms with Crippen molar-refractivity contribution < 1.29 is 0 Å². The highest BCUT2D eigenvalue weighted by molar-refractivity contribution is 9.10. The van der Waals surface area contributed by atoms with Gasteiger partial charge in [-0.2, -0.15) is 0 Å². The largest absolute Gasteiger partial charge is 0.369 e. The SMILES string of the molecule is CN[C@@H]1CCCN(c2cnc(Cl)c(Br)c2)C1. The summed E-state index contributed by atoms with van der Waals surface area (Å²) in [4.78, 5) is 6.51. The van der Waals surface area contributed by atoms with Crippen LogP contribution in [0.2, 0.25) is 5.15 Å². The molecule has 0 spiro atoms. The summed E-state index contributed by atoms with van der Waals surface area (Å²) in [6.07, 6.45) is 4.30. The Kier molecular flexibility index (Phi) is 4.05. The smallest absolute Gasteiger partial charge is 0.143 e. The highest BCUT2D eigenvalue weighted by atomic mass is 79.9. The number of aromatic nitrogens is 1. The molecule has 2 heterocycles. The van der Waals surface area contributed by atoms with Crippen LogP contribution in [0.5, 0.6) is 0 Å². The second kappa shape index (κ2) is 5.34. The number of hydrogen-bond acceptors (Lipinski definition) is 3. The molecule has 16 heavy (non-hydrogen) atoms. The molecule has 1 saturated heterocycles. The molecule has 5 heteroatoms. The maximum atomic E-state index is 5.89. The molecule has 1 N–H and O–H groups in total. The normalized spacial score (nSPS) is 21.2. The lowest BCUT2D eigenvalue weighted by Crippen LogP contribution is -2.44. The molecule has 0 amide bonds.